The van der Waals surface area contributed by atoms with Crippen molar-refractivity contribution in [2.45, 2.75) is 123 Å². The fraction of sp³-hybridized carbons (Fsp3) is 0.633. The number of hydrogen-bond acceptors (Lipinski definition) is 16. The number of methoxy groups -OCH3 is 2. The summed E-state index contributed by atoms with van der Waals surface area (Å²) in [5.74, 6) is 3.69. The quantitative estimate of drug-likeness (QED) is 0.0493. The van der Waals surface area contributed by atoms with Crippen molar-refractivity contribution in [3.63, 3.8) is 0 Å². The lowest BCUT2D eigenvalue weighted by Gasteiger charge is -2.23. The summed E-state index contributed by atoms with van der Waals surface area (Å²) in [4.78, 5) is 32.4. The van der Waals surface area contributed by atoms with Crippen LogP contribution in [0.15, 0.2) is 36.4 Å². The van der Waals surface area contributed by atoms with Crippen molar-refractivity contribution >= 4 is 59.5 Å². The highest BCUT2D eigenvalue weighted by molar-refractivity contribution is 5.85. The standard InChI is InChI=1S/2C24H36FN7O.CH4.ClH/c2*1-3-32-13-7-10-19(32)16-27-23-29-22(26-15-17-8-5-4-6-9-17)30-24(31-23)28-18-11-12-21(33-2)20(25)14-18;;/h2*11-12,14,17,19H,3-10,13,15-16H2,1-2H3,(H3,26,27,28,29,30,31);1H4;1H. The van der Waals surface area contributed by atoms with E-state index in [0.29, 0.717) is 71.0 Å². The van der Waals surface area contributed by atoms with Crippen molar-refractivity contribution in [3.05, 3.63) is 48.0 Å². The molecule has 0 radical (unpaired) electrons. The third-order valence-corrected chi connectivity index (χ3v) is 13.4. The SMILES string of the molecule is C.CCN1CCCC1CNc1nc(NCC2CCCCC2)nc(Nc2ccc(OC)c(F)c2)n1.CCN1CCCC1CNc1nc(NCC2CCCCC2)nc(Nc2ccc(OC)c(F)c2)n1.Cl. The number of nitrogens with zero attached hydrogens (tertiary/aromatic N) is 8. The van der Waals surface area contributed by atoms with E-state index >= 15 is 0 Å². The first-order valence-corrected chi connectivity index (χ1v) is 24.5. The topological polar surface area (TPSA) is 174 Å². The number of benzene rings is 2. The second kappa shape index (κ2) is 27.8. The fourth-order valence-corrected chi connectivity index (χ4v) is 9.68. The molecule has 0 bridgehead atoms. The third kappa shape index (κ3) is 16.0. The van der Waals surface area contributed by atoms with Gasteiger partial charge in [0.15, 0.2) is 23.1 Å². The molecule has 2 aromatic carbocycles. The van der Waals surface area contributed by atoms with Gasteiger partial charge in [0.1, 0.15) is 0 Å². The number of nitrogens with one attached hydrogen (secondary N) is 6. The zero-order chi connectivity index (χ0) is 46.1. The number of anilines is 8. The van der Waals surface area contributed by atoms with E-state index in [1.807, 2.05) is 0 Å². The number of likely N-dealkylation sites (tertiary alicyclic amines) is 2. The van der Waals surface area contributed by atoms with E-state index in [1.165, 1.54) is 116 Å². The molecule has 0 spiro atoms. The lowest BCUT2D eigenvalue weighted by atomic mass is 9.89. The predicted molar refractivity (Wildman–Crippen MR) is 274 cm³/mol. The zero-order valence-corrected chi connectivity index (χ0v) is 40.7. The number of halogens is 3. The highest BCUT2D eigenvalue weighted by Gasteiger charge is 2.25. The molecule has 2 unspecified atom stereocenters. The van der Waals surface area contributed by atoms with Crippen molar-refractivity contribution in [2.24, 2.45) is 11.8 Å². The molecule has 4 aromatic rings. The molecule has 4 fully saturated rings. The molecule has 376 valence electrons. The summed E-state index contributed by atoms with van der Waals surface area (Å²) in [6, 6.07) is 10.4. The lowest BCUT2D eigenvalue weighted by molar-refractivity contribution is 0.276. The van der Waals surface area contributed by atoms with Crippen LogP contribution >= 0.6 is 12.4 Å². The van der Waals surface area contributed by atoms with E-state index < -0.39 is 11.6 Å². The van der Waals surface area contributed by atoms with Gasteiger partial charge in [-0.05, 0) is 114 Å². The summed E-state index contributed by atoms with van der Waals surface area (Å²) in [5, 5.41) is 19.9. The maximum Gasteiger partial charge on any atom is 0.233 e. The molecule has 16 nitrogen and oxygen atoms in total. The van der Waals surface area contributed by atoms with Gasteiger partial charge in [-0.15, -0.1) is 12.4 Å². The molecule has 4 aliphatic rings. The normalized spacial score (nSPS) is 18.9. The Kier molecular flexibility index (Phi) is 22.0. The number of likely N-dealkylation sites (N-methyl/N-ethyl adjacent to an activating group) is 2. The molecule has 6 N–H and O–H groups in total. The van der Waals surface area contributed by atoms with Gasteiger partial charge in [0, 0.05) is 61.8 Å². The van der Waals surface area contributed by atoms with Crippen molar-refractivity contribution < 1.29 is 18.3 Å². The van der Waals surface area contributed by atoms with Gasteiger partial charge in [-0.3, -0.25) is 9.80 Å². The Labute approximate surface area is 409 Å². The van der Waals surface area contributed by atoms with Crippen LogP contribution in [0.5, 0.6) is 11.5 Å². The van der Waals surface area contributed by atoms with Crippen LogP contribution in [-0.4, -0.2) is 118 Å². The third-order valence-electron chi connectivity index (χ3n) is 13.4. The number of ether oxygens (including phenoxy) is 2. The largest absolute Gasteiger partial charge is 0.494 e. The summed E-state index contributed by atoms with van der Waals surface area (Å²) < 4.78 is 38.3. The Hall–Kier alpha value is -5.07. The van der Waals surface area contributed by atoms with E-state index in [2.05, 4.69) is 85.5 Å². The smallest absolute Gasteiger partial charge is 0.233 e. The maximum atomic E-state index is 14.2. The Morgan fingerprint density at radius 3 is 1.19 bits per heavy atom. The van der Waals surface area contributed by atoms with Crippen LogP contribution in [0.1, 0.15) is 111 Å². The fourth-order valence-electron chi connectivity index (χ4n) is 9.68. The highest BCUT2D eigenvalue weighted by Crippen LogP contribution is 2.28. The van der Waals surface area contributed by atoms with E-state index in [0.717, 1.165) is 52.4 Å². The van der Waals surface area contributed by atoms with Crippen molar-refractivity contribution in [2.75, 3.05) is 98.5 Å². The van der Waals surface area contributed by atoms with Crippen LogP contribution < -0.4 is 41.4 Å². The van der Waals surface area contributed by atoms with Crippen molar-refractivity contribution in [1.29, 1.82) is 0 Å². The number of aromatic nitrogens is 6. The van der Waals surface area contributed by atoms with Crippen molar-refractivity contribution in [1.82, 2.24) is 39.7 Å². The molecule has 2 saturated heterocycles. The predicted octanol–water partition coefficient (Wildman–Crippen LogP) is 10.4. The molecule has 2 aliphatic carbocycles. The van der Waals surface area contributed by atoms with Crippen LogP contribution in [0.25, 0.3) is 0 Å². The van der Waals surface area contributed by atoms with Gasteiger partial charge in [0.05, 0.1) is 14.2 Å². The van der Waals surface area contributed by atoms with Gasteiger partial charge in [0.25, 0.3) is 0 Å². The number of hydrogen-bond donors (Lipinski definition) is 6. The second-order valence-electron chi connectivity index (χ2n) is 17.9. The molecule has 4 heterocycles. The molecule has 2 atom stereocenters. The van der Waals surface area contributed by atoms with E-state index in [4.69, 9.17) is 9.47 Å². The Morgan fingerprint density at radius 2 is 0.853 bits per heavy atom. The summed E-state index contributed by atoms with van der Waals surface area (Å²) >= 11 is 0. The molecule has 2 aliphatic heterocycles. The summed E-state index contributed by atoms with van der Waals surface area (Å²) in [6.07, 6.45) is 17.6. The maximum absolute atomic E-state index is 14.2. The number of rotatable bonds is 20. The summed E-state index contributed by atoms with van der Waals surface area (Å²) in [5.41, 5.74) is 1.10. The highest BCUT2D eigenvalue weighted by atomic mass is 35.5. The Morgan fingerprint density at radius 1 is 0.500 bits per heavy atom. The van der Waals surface area contributed by atoms with E-state index in [1.54, 1.807) is 24.3 Å². The van der Waals surface area contributed by atoms with Crippen molar-refractivity contribution in [3.8, 4) is 11.5 Å². The molecular formula is C49H77ClF2N14O2. The average molecular weight is 968 g/mol. The molecule has 2 saturated carbocycles. The van der Waals surface area contributed by atoms with Gasteiger partial charge in [-0.25, -0.2) is 8.78 Å². The first-order chi connectivity index (χ1) is 32.3. The lowest BCUT2D eigenvalue weighted by Crippen LogP contribution is -2.35. The molecule has 0 amide bonds. The van der Waals surface area contributed by atoms with Crippen LogP contribution in [0.2, 0.25) is 0 Å². The molecule has 19 heteroatoms. The minimum Gasteiger partial charge on any atom is -0.494 e. The van der Waals surface area contributed by atoms with Crippen LogP contribution in [0.4, 0.5) is 55.8 Å². The zero-order valence-electron chi connectivity index (χ0n) is 39.9. The molecule has 8 rings (SSSR count). The second-order valence-corrected chi connectivity index (χ2v) is 17.9. The van der Waals surface area contributed by atoms with Gasteiger partial charge < -0.3 is 41.4 Å². The average Bonchev–Trinajstić information content (AvgIpc) is 4.02. The van der Waals surface area contributed by atoms with Crippen LogP contribution in [-0.2, 0) is 0 Å². The monoisotopic (exact) mass is 967 g/mol. The summed E-state index contributed by atoms with van der Waals surface area (Å²) in [7, 11) is 2.90. The van der Waals surface area contributed by atoms with Gasteiger partial charge in [-0.1, -0.05) is 59.8 Å². The minimum atomic E-state index is -0.438. The van der Waals surface area contributed by atoms with Gasteiger partial charge >= 0.3 is 0 Å². The van der Waals surface area contributed by atoms with E-state index in [9.17, 15) is 8.78 Å². The molecular weight excluding hydrogens is 890 g/mol. The van der Waals surface area contributed by atoms with Gasteiger partial charge in [-0.2, -0.15) is 29.9 Å². The molecule has 2 aromatic heterocycles. The first kappa shape index (κ1) is 53.9. The van der Waals surface area contributed by atoms with Crippen LogP contribution in [0.3, 0.4) is 0 Å². The Balaban J connectivity index is 0.000000247. The minimum absolute atomic E-state index is 0. The van der Waals surface area contributed by atoms with Gasteiger partial charge in [0.2, 0.25) is 35.7 Å². The van der Waals surface area contributed by atoms with E-state index in [-0.39, 0.29) is 31.3 Å². The first-order valence-electron chi connectivity index (χ1n) is 24.5. The van der Waals surface area contributed by atoms with Crippen LogP contribution in [0, 0.1) is 23.5 Å². The Bertz CT molecular complexity index is 1970. The molecule has 68 heavy (non-hydrogen) atoms. The summed E-state index contributed by atoms with van der Waals surface area (Å²) in [6.45, 7) is 12.1.